The third-order valence-corrected chi connectivity index (χ3v) is 8.28. The van der Waals surface area contributed by atoms with Gasteiger partial charge in [-0.1, -0.05) is 30.7 Å². The van der Waals surface area contributed by atoms with Crippen molar-refractivity contribution in [1.29, 1.82) is 0 Å². The molecule has 26 heavy (non-hydrogen) atoms. The molecule has 144 valence electrons. The first-order valence-corrected chi connectivity index (χ1v) is 10.1. The van der Waals surface area contributed by atoms with E-state index in [-0.39, 0.29) is 28.8 Å². The van der Waals surface area contributed by atoms with Crippen LogP contribution in [0.3, 0.4) is 0 Å². The maximum absolute atomic E-state index is 11.3. The van der Waals surface area contributed by atoms with Crippen molar-refractivity contribution in [2.24, 2.45) is 33.7 Å². The molecular formula is C21H31NO4. The van der Waals surface area contributed by atoms with Crippen LogP contribution in [0.2, 0.25) is 0 Å². The summed E-state index contributed by atoms with van der Waals surface area (Å²) in [5, 5.41) is 24.1. The van der Waals surface area contributed by atoms with Gasteiger partial charge in [0.25, 0.3) is 0 Å². The molecule has 3 saturated carbocycles. The smallest absolute Gasteiger partial charge is 0.302 e. The summed E-state index contributed by atoms with van der Waals surface area (Å²) in [6.07, 6.45) is 8.15. The Morgan fingerprint density at radius 1 is 1.19 bits per heavy atom. The second-order valence-corrected chi connectivity index (χ2v) is 9.41. The SMILES string of the molecule is CC(=O)O[C@H]1CC[C@@]2(C)C(=CC(O)C3C2CC[C@]2(C)/C(=N/O)CCC32)C1. The number of carbonyl (C=O) groups excluding carboxylic acids is 1. The molecular weight excluding hydrogens is 330 g/mol. The number of esters is 1. The predicted molar refractivity (Wildman–Crippen MR) is 97.9 cm³/mol. The summed E-state index contributed by atoms with van der Waals surface area (Å²) < 4.78 is 5.47. The zero-order chi connectivity index (χ0) is 18.7. The molecule has 0 aliphatic heterocycles. The normalized spacial score (nSPS) is 49.0. The summed E-state index contributed by atoms with van der Waals surface area (Å²) in [6, 6.07) is 0. The maximum atomic E-state index is 11.3. The van der Waals surface area contributed by atoms with Gasteiger partial charge in [-0.15, -0.1) is 0 Å². The van der Waals surface area contributed by atoms with E-state index >= 15 is 0 Å². The molecule has 0 bridgehead atoms. The summed E-state index contributed by atoms with van der Waals surface area (Å²) in [7, 11) is 0. The second kappa shape index (κ2) is 6.08. The predicted octanol–water partition coefficient (Wildman–Crippen LogP) is 3.68. The number of fused-ring (bicyclic) bond motifs is 5. The van der Waals surface area contributed by atoms with E-state index in [1.165, 1.54) is 12.5 Å². The molecule has 0 saturated heterocycles. The first-order chi connectivity index (χ1) is 12.3. The number of aliphatic hydroxyl groups excluding tert-OH is 1. The van der Waals surface area contributed by atoms with Crippen LogP contribution in [0.25, 0.3) is 0 Å². The van der Waals surface area contributed by atoms with Gasteiger partial charge in [-0.25, -0.2) is 0 Å². The fourth-order valence-corrected chi connectivity index (χ4v) is 6.91. The van der Waals surface area contributed by atoms with Gasteiger partial charge in [0.15, 0.2) is 0 Å². The molecule has 0 spiro atoms. The Kier molecular flexibility index (Phi) is 4.22. The van der Waals surface area contributed by atoms with Crippen LogP contribution in [-0.2, 0) is 9.53 Å². The summed E-state index contributed by atoms with van der Waals surface area (Å²) in [5.41, 5.74) is 2.21. The summed E-state index contributed by atoms with van der Waals surface area (Å²) in [6.45, 7) is 6.04. The lowest BCUT2D eigenvalue weighted by Gasteiger charge is -2.58. The van der Waals surface area contributed by atoms with Crippen molar-refractivity contribution < 1.29 is 19.8 Å². The standard InChI is InChI=1S/C21H31NO4/c1-12(23)26-14-6-8-20(2)13(10-14)11-17(24)19-15-4-5-18(22-25)21(15,3)9-7-16(19)20/h11,14-17,19,24-25H,4-10H2,1-3H3/b22-18+/t14-,15?,16?,17?,19?,20-,21-/m0/s1. The molecule has 0 heterocycles. The number of oxime groups is 1. The maximum Gasteiger partial charge on any atom is 0.302 e. The fourth-order valence-electron chi connectivity index (χ4n) is 6.91. The Bertz CT molecular complexity index is 671. The topological polar surface area (TPSA) is 79.1 Å². The number of hydrogen-bond donors (Lipinski definition) is 2. The minimum absolute atomic E-state index is 0.0518. The molecule has 5 heteroatoms. The van der Waals surface area contributed by atoms with Crippen molar-refractivity contribution in [3.63, 3.8) is 0 Å². The highest BCUT2D eigenvalue weighted by Crippen LogP contribution is 2.64. The molecule has 3 fully saturated rings. The molecule has 5 nitrogen and oxygen atoms in total. The molecule has 0 aromatic heterocycles. The van der Waals surface area contributed by atoms with Gasteiger partial charge in [0.2, 0.25) is 0 Å². The molecule has 4 aliphatic rings. The average Bonchev–Trinajstić information content (AvgIpc) is 2.92. The van der Waals surface area contributed by atoms with E-state index in [0.717, 1.165) is 50.7 Å². The van der Waals surface area contributed by atoms with Gasteiger partial charge in [0, 0.05) is 18.8 Å². The van der Waals surface area contributed by atoms with Crippen LogP contribution in [0.15, 0.2) is 16.8 Å². The lowest BCUT2D eigenvalue weighted by molar-refractivity contribution is -0.149. The second-order valence-electron chi connectivity index (χ2n) is 9.41. The Morgan fingerprint density at radius 3 is 2.58 bits per heavy atom. The van der Waals surface area contributed by atoms with Gasteiger partial charge < -0.3 is 15.1 Å². The van der Waals surface area contributed by atoms with E-state index in [1.807, 2.05) is 0 Å². The number of ether oxygens (including phenoxy) is 1. The number of carbonyl (C=O) groups is 1. The Morgan fingerprint density at radius 2 is 1.88 bits per heavy atom. The molecule has 0 aromatic rings. The van der Waals surface area contributed by atoms with Crippen LogP contribution >= 0.6 is 0 Å². The Balaban J connectivity index is 1.65. The van der Waals surface area contributed by atoms with Crippen molar-refractivity contribution >= 4 is 11.7 Å². The zero-order valence-corrected chi connectivity index (χ0v) is 16.1. The zero-order valence-electron chi connectivity index (χ0n) is 16.1. The molecule has 7 atom stereocenters. The quantitative estimate of drug-likeness (QED) is 0.323. The largest absolute Gasteiger partial charge is 0.462 e. The highest BCUT2D eigenvalue weighted by molar-refractivity contribution is 5.92. The van der Waals surface area contributed by atoms with Crippen LogP contribution < -0.4 is 0 Å². The number of rotatable bonds is 1. The van der Waals surface area contributed by atoms with Gasteiger partial charge in [0.1, 0.15) is 6.10 Å². The first kappa shape index (κ1) is 18.0. The van der Waals surface area contributed by atoms with Crippen molar-refractivity contribution in [2.75, 3.05) is 0 Å². The molecule has 2 N–H and O–H groups in total. The van der Waals surface area contributed by atoms with Crippen molar-refractivity contribution in [3.05, 3.63) is 11.6 Å². The monoisotopic (exact) mass is 361 g/mol. The van der Waals surface area contributed by atoms with Crippen LogP contribution in [0.4, 0.5) is 0 Å². The average molecular weight is 361 g/mol. The van der Waals surface area contributed by atoms with Gasteiger partial charge in [-0.2, -0.15) is 0 Å². The van der Waals surface area contributed by atoms with Crippen molar-refractivity contribution in [1.82, 2.24) is 0 Å². The lowest BCUT2D eigenvalue weighted by Crippen LogP contribution is -2.54. The molecule has 4 rings (SSSR count). The van der Waals surface area contributed by atoms with Gasteiger partial charge >= 0.3 is 5.97 Å². The Labute approximate surface area is 155 Å². The van der Waals surface area contributed by atoms with E-state index < -0.39 is 6.10 Å². The van der Waals surface area contributed by atoms with E-state index in [1.54, 1.807) is 0 Å². The molecule has 4 unspecified atom stereocenters. The highest BCUT2D eigenvalue weighted by atomic mass is 16.5. The van der Waals surface area contributed by atoms with Crippen molar-refractivity contribution in [3.8, 4) is 0 Å². The minimum Gasteiger partial charge on any atom is -0.462 e. The van der Waals surface area contributed by atoms with E-state index in [2.05, 4.69) is 25.1 Å². The third kappa shape index (κ3) is 2.46. The van der Waals surface area contributed by atoms with Gasteiger partial charge in [-0.3, -0.25) is 4.79 Å². The van der Waals surface area contributed by atoms with E-state index in [4.69, 9.17) is 4.74 Å². The van der Waals surface area contributed by atoms with Crippen LogP contribution in [0, 0.1) is 28.6 Å². The molecule has 0 amide bonds. The van der Waals surface area contributed by atoms with Crippen molar-refractivity contribution in [2.45, 2.75) is 77.9 Å². The van der Waals surface area contributed by atoms with Gasteiger partial charge in [0.05, 0.1) is 11.8 Å². The first-order valence-electron chi connectivity index (χ1n) is 10.1. The minimum atomic E-state index is -0.457. The van der Waals surface area contributed by atoms with E-state index in [0.29, 0.717) is 11.8 Å². The van der Waals surface area contributed by atoms with Crippen LogP contribution in [0.5, 0.6) is 0 Å². The summed E-state index contributed by atoms with van der Waals surface area (Å²) >= 11 is 0. The summed E-state index contributed by atoms with van der Waals surface area (Å²) in [4.78, 5) is 11.3. The highest BCUT2D eigenvalue weighted by Gasteiger charge is 2.60. The number of nitrogens with zero attached hydrogens (tertiary/aromatic N) is 1. The summed E-state index contributed by atoms with van der Waals surface area (Å²) in [5.74, 6) is 0.838. The molecule has 0 radical (unpaired) electrons. The number of aliphatic hydroxyl groups is 1. The van der Waals surface area contributed by atoms with E-state index in [9.17, 15) is 15.1 Å². The fraction of sp³-hybridized carbons (Fsp3) is 0.810. The molecule has 0 aromatic carbocycles. The Hall–Kier alpha value is -1.36. The molecule has 4 aliphatic carbocycles. The third-order valence-electron chi connectivity index (χ3n) is 8.28. The number of hydrogen-bond acceptors (Lipinski definition) is 5. The van der Waals surface area contributed by atoms with Crippen LogP contribution in [-0.4, -0.2) is 34.2 Å². The van der Waals surface area contributed by atoms with Crippen LogP contribution in [0.1, 0.15) is 65.7 Å². The van der Waals surface area contributed by atoms with Gasteiger partial charge in [-0.05, 0) is 61.7 Å². The lowest BCUT2D eigenvalue weighted by atomic mass is 9.47.